The van der Waals surface area contributed by atoms with E-state index in [1.807, 2.05) is 24.3 Å². The number of nitro groups is 1. The first-order valence-electron chi connectivity index (χ1n) is 8.33. The van der Waals surface area contributed by atoms with E-state index in [9.17, 15) is 10.1 Å². The molecule has 0 radical (unpaired) electrons. The average Bonchev–Trinajstić information content (AvgIpc) is 3.50. The summed E-state index contributed by atoms with van der Waals surface area (Å²) in [6.07, 6.45) is -0.0831. The van der Waals surface area contributed by atoms with Crippen molar-refractivity contribution in [1.82, 2.24) is 0 Å². The number of rotatable bonds is 10. The molecule has 2 aromatic rings. The maximum absolute atomic E-state index is 10.7. The van der Waals surface area contributed by atoms with Crippen LogP contribution in [0.4, 0.5) is 5.69 Å². The van der Waals surface area contributed by atoms with E-state index in [0.717, 1.165) is 16.9 Å². The number of non-ortho nitro benzene ring substituents is 1. The molecule has 1 aliphatic rings. The molecule has 1 fully saturated rings. The van der Waals surface area contributed by atoms with Gasteiger partial charge in [0.25, 0.3) is 5.69 Å². The summed E-state index contributed by atoms with van der Waals surface area (Å²) in [5, 5.41) is 10.7. The maximum atomic E-state index is 10.7. The summed E-state index contributed by atoms with van der Waals surface area (Å²) in [4.78, 5) is 10.2. The van der Waals surface area contributed by atoms with Crippen LogP contribution in [0.15, 0.2) is 48.5 Å². The van der Waals surface area contributed by atoms with Gasteiger partial charge in [-0.2, -0.15) is 0 Å². The van der Waals surface area contributed by atoms with Crippen LogP contribution in [-0.2, 0) is 27.4 Å². The number of nitro benzene ring substituents is 1. The van der Waals surface area contributed by atoms with Gasteiger partial charge in [-0.05, 0) is 35.4 Å². The monoisotopic (exact) mass is 359 g/mol. The second-order valence-corrected chi connectivity index (χ2v) is 6.01. The number of hydrogen-bond acceptors (Lipinski definition) is 6. The molecule has 0 unspecified atom stereocenters. The molecular formula is C19H21NO6. The second kappa shape index (κ2) is 8.75. The minimum atomic E-state index is -0.419. The van der Waals surface area contributed by atoms with Crippen molar-refractivity contribution in [3.8, 4) is 5.75 Å². The normalized spacial score (nSPS) is 16.9. The molecular weight excluding hydrogens is 338 g/mol. The van der Waals surface area contributed by atoms with E-state index < -0.39 is 4.92 Å². The van der Waals surface area contributed by atoms with Crippen molar-refractivity contribution in [1.29, 1.82) is 0 Å². The number of epoxide rings is 1. The lowest BCUT2D eigenvalue weighted by Gasteiger charge is -2.16. The molecule has 2 atom stereocenters. The molecule has 2 aromatic carbocycles. The van der Waals surface area contributed by atoms with Crippen LogP contribution in [0.3, 0.4) is 0 Å². The smallest absolute Gasteiger partial charge is 0.269 e. The Morgan fingerprint density at radius 2 is 1.73 bits per heavy atom. The molecule has 0 aliphatic carbocycles. The van der Waals surface area contributed by atoms with Crippen molar-refractivity contribution in [3.63, 3.8) is 0 Å². The van der Waals surface area contributed by atoms with Gasteiger partial charge in [-0.3, -0.25) is 10.1 Å². The van der Waals surface area contributed by atoms with E-state index in [2.05, 4.69) is 0 Å². The van der Waals surface area contributed by atoms with E-state index in [-0.39, 0.29) is 17.9 Å². The van der Waals surface area contributed by atoms with Gasteiger partial charge in [0, 0.05) is 12.1 Å². The van der Waals surface area contributed by atoms with E-state index in [4.69, 9.17) is 18.9 Å². The van der Waals surface area contributed by atoms with Crippen LogP contribution in [0, 0.1) is 10.1 Å². The summed E-state index contributed by atoms with van der Waals surface area (Å²) in [5.74, 6) is 0.808. The minimum absolute atomic E-state index is 0.0603. The summed E-state index contributed by atoms with van der Waals surface area (Å²) in [7, 11) is 1.63. The molecule has 7 heteroatoms. The Morgan fingerprint density at radius 1 is 1.12 bits per heavy atom. The lowest BCUT2D eigenvalue weighted by atomic mass is 10.2. The predicted molar refractivity (Wildman–Crippen MR) is 94.1 cm³/mol. The summed E-state index contributed by atoms with van der Waals surface area (Å²) >= 11 is 0. The van der Waals surface area contributed by atoms with Crippen molar-refractivity contribution in [3.05, 3.63) is 69.8 Å². The van der Waals surface area contributed by atoms with Crippen molar-refractivity contribution in [2.45, 2.75) is 25.4 Å². The third kappa shape index (κ3) is 5.26. The first-order valence-corrected chi connectivity index (χ1v) is 8.33. The SMILES string of the molecule is COc1ccc(CO[C@@H](COCc2ccc([N+](=O)[O-])cc2)[C@H]2CO2)cc1. The Kier molecular flexibility index (Phi) is 6.17. The lowest BCUT2D eigenvalue weighted by molar-refractivity contribution is -0.384. The van der Waals surface area contributed by atoms with Gasteiger partial charge in [-0.1, -0.05) is 12.1 Å². The highest BCUT2D eigenvalue weighted by atomic mass is 16.6. The highest BCUT2D eigenvalue weighted by Gasteiger charge is 2.33. The zero-order valence-corrected chi connectivity index (χ0v) is 14.5. The first kappa shape index (κ1) is 18.3. The standard InChI is InChI=1S/C19H21NO6/c1-23-17-8-4-15(5-9-17)11-25-18(19-13-26-19)12-24-10-14-2-6-16(7-3-14)20(21)22/h2-9,18-19H,10-13H2,1H3/t18-,19+/m0/s1. The Labute approximate surface area is 151 Å². The van der Waals surface area contributed by atoms with E-state index >= 15 is 0 Å². The summed E-state index contributed by atoms with van der Waals surface area (Å²) in [6, 6.07) is 14.0. The fraction of sp³-hybridized carbons (Fsp3) is 0.368. The van der Waals surface area contributed by atoms with Crippen LogP contribution in [0.2, 0.25) is 0 Å². The third-order valence-electron chi connectivity index (χ3n) is 4.09. The summed E-state index contributed by atoms with van der Waals surface area (Å²) in [5.41, 5.74) is 1.99. The molecule has 0 amide bonds. The fourth-order valence-electron chi connectivity index (χ4n) is 2.46. The topological polar surface area (TPSA) is 83.4 Å². The quantitative estimate of drug-likeness (QED) is 0.368. The van der Waals surface area contributed by atoms with E-state index in [1.165, 1.54) is 12.1 Å². The Balaban J connectivity index is 1.45. The highest BCUT2D eigenvalue weighted by Crippen LogP contribution is 2.20. The third-order valence-corrected chi connectivity index (χ3v) is 4.09. The van der Waals surface area contributed by atoms with Crippen molar-refractivity contribution < 1.29 is 23.9 Å². The van der Waals surface area contributed by atoms with Gasteiger partial charge in [0.15, 0.2) is 0 Å². The molecule has 0 aromatic heterocycles. The maximum Gasteiger partial charge on any atom is 0.269 e. The van der Waals surface area contributed by atoms with Gasteiger partial charge in [-0.15, -0.1) is 0 Å². The molecule has 0 N–H and O–H groups in total. The molecule has 3 rings (SSSR count). The van der Waals surface area contributed by atoms with Gasteiger partial charge in [0.05, 0.1) is 38.5 Å². The molecule has 1 saturated heterocycles. The number of benzene rings is 2. The zero-order chi connectivity index (χ0) is 18.4. The highest BCUT2D eigenvalue weighted by molar-refractivity contribution is 5.32. The first-order chi connectivity index (χ1) is 12.7. The zero-order valence-electron chi connectivity index (χ0n) is 14.5. The number of methoxy groups -OCH3 is 1. The van der Waals surface area contributed by atoms with Gasteiger partial charge >= 0.3 is 0 Å². The lowest BCUT2D eigenvalue weighted by Crippen LogP contribution is -2.25. The molecule has 7 nitrogen and oxygen atoms in total. The van der Waals surface area contributed by atoms with Crippen LogP contribution in [-0.4, -0.2) is 37.5 Å². The van der Waals surface area contributed by atoms with Crippen molar-refractivity contribution >= 4 is 5.69 Å². The van der Waals surface area contributed by atoms with E-state index in [0.29, 0.717) is 26.4 Å². The van der Waals surface area contributed by atoms with Crippen LogP contribution in [0.25, 0.3) is 0 Å². The van der Waals surface area contributed by atoms with E-state index in [1.54, 1.807) is 19.2 Å². The van der Waals surface area contributed by atoms with Crippen LogP contribution in [0.1, 0.15) is 11.1 Å². The second-order valence-electron chi connectivity index (χ2n) is 6.01. The number of nitrogens with zero attached hydrogens (tertiary/aromatic N) is 1. The summed E-state index contributed by atoms with van der Waals surface area (Å²) in [6.45, 7) is 1.91. The molecule has 0 saturated carbocycles. The van der Waals surface area contributed by atoms with Crippen LogP contribution < -0.4 is 4.74 Å². The van der Waals surface area contributed by atoms with Crippen LogP contribution >= 0.6 is 0 Å². The molecule has 26 heavy (non-hydrogen) atoms. The van der Waals surface area contributed by atoms with Gasteiger partial charge < -0.3 is 18.9 Å². The molecule has 1 aliphatic heterocycles. The van der Waals surface area contributed by atoms with Gasteiger partial charge in [0.2, 0.25) is 0 Å². The Hall–Kier alpha value is -2.48. The molecule has 1 heterocycles. The number of hydrogen-bond donors (Lipinski definition) is 0. The largest absolute Gasteiger partial charge is 0.497 e. The Bertz CT molecular complexity index is 712. The summed E-state index contributed by atoms with van der Waals surface area (Å²) < 4.78 is 22.1. The molecule has 0 spiro atoms. The predicted octanol–water partition coefficient (Wildman–Crippen LogP) is 3.10. The fourth-order valence-corrected chi connectivity index (χ4v) is 2.46. The number of ether oxygens (including phenoxy) is 4. The minimum Gasteiger partial charge on any atom is -0.497 e. The molecule has 0 bridgehead atoms. The molecule has 138 valence electrons. The Morgan fingerprint density at radius 3 is 2.31 bits per heavy atom. The van der Waals surface area contributed by atoms with Crippen molar-refractivity contribution in [2.75, 3.05) is 20.3 Å². The van der Waals surface area contributed by atoms with Gasteiger partial charge in [-0.25, -0.2) is 0 Å². The van der Waals surface area contributed by atoms with Crippen molar-refractivity contribution in [2.24, 2.45) is 0 Å². The van der Waals surface area contributed by atoms with Crippen LogP contribution in [0.5, 0.6) is 5.75 Å². The van der Waals surface area contributed by atoms with Gasteiger partial charge in [0.1, 0.15) is 18.0 Å². The average molecular weight is 359 g/mol.